The third-order valence-electron chi connectivity index (χ3n) is 5.65. The van der Waals surface area contributed by atoms with Gasteiger partial charge in [0, 0.05) is 18.7 Å². The summed E-state index contributed by atoms with van der Waals surface area (Å²) >= 11 is 1.31. The molecule has 0 bridgehead atoms. The van der Waals surface area contributed by atoms with Crippen LogP contribution in [0.4, 0.5) is 0 Å². The molecule has 1 fully saturated rings. The van der Waals surface area contributed by atoms with Crippen molar-refractivity contribution in [1.29, 1.82) is 0 Å². The summed E-state index contributed by atoms with van der Waals surface area (Å²) in [7, 11) is 1.92. The summed E-state index contributed by atoms with van der Waals surface area (Å²) in [5, 5.41) is 8.67. The maximum Gasteiger partial charge on any atom is 0.277 e. The molecule has 1 aliphatic carbocycles. The van der Waals surface area contributed by atoms with Crippen LogP contribution in [0.15, 0.2) is 33.9 Å². The summed E-state index contributed by atoms with van der Waals surface area (Å²) < 4.78 is 5.75. The Morgan fingerprint density at radius 1 is 1.14 bits per heavy atom. The van der Waals surface area contributed by atoms with E-state index in [-0.39, 0.29) is 11.3 Å². The predicted octanol–water partition coefficient (Wildman–Crippen LogP) is 5.16. The second kappa shape index (κ2) is 8.68. The zero-order valence-electron chi connectivity index (χ0n) is 17.6. The summed E-state index contributed by atoms with van der Waals surface area (Å²) in [5.41, 5.74) is 2.26. The maximum absolute atomic E-state index is 12.5. The number of rotatable bonds is 5. The summed E-state index contributed by atoms with van der Waals surface area (Å²) in [5.74, 6) is 1.72. The van der Waals surface area contributed by atoms with Crippen LogP contribution in [0, 0.1) is 5.92 Å². The lowest BCUT2D eigenvalue weighted by Crippen LogP contribution is -2.40. The van der Waals surface area contributed by atoms with Gasteiger partial charge >= 0.3 is 0 Å². The molecule has 5 nitrogen and oxygen atoms in total. The third-order valence-corrected chi connectivity index (χ3v) is 6.45. The highest BCUT2D eigenvalue weighted by Gasteiger charge is 2.25. The smallest absolute Gasteiger partial charge is 0.277 e. The molecule has 0 unspecified atom stereocenters. The van der Waals surface area contributed by atoms with Crippen molar-refractivity contribution < 1.29 is 9.21 Å². The van der Waals surface area contributed by atoms with E-state index in [1.165, 1.54) is 30.2 Å². The minimum absolute atomic E-state index is 0.108. The first-order valence-electron chi connectivity index (χ1n) is 10.1. The van der Waals surface area contributed by atoms with Gasteiger partial charge in [0.25, 0.3) is 5.22 Å². The average Bonchev–Trinajstić information content (AvgIpc) is 3.14. The minimum Gasteiger partial charge on any atom is -0.411 e. The van der Waals surface area contributed by atoms with Gasteiger partial charge in [0.2, 0.25) is 11.8 Å². The van der Waals surface area contributed by atoms with Crippen LogP contribution in [0.3, 0.4) is 0 Å². The van der Waals surface area contributed by atoms with Crippen LogP contribution in [-0.2, 0) is 10.2 Å². The van der Waals surface area contributed by atoms with E-state index in [0.29, 0.717) is 22.9 Å². The van der Waals surface area contributed by atoms with Crippen LogP contribution < -0.4 is 0 Å². The summed E-state index contributed by atoms with van der Waals surface area (Å²) in [6.45, 7) is 8.85. The van der Waals surface area contributed by atoms with Crippen LogP contribution in [0.1, 0.15) is 58.9 Å². The van der Waals surface area contributed by atoms with Gasteiger partial charge in [0.15, 0.2) is 0 Å². The Hall–Kier alpha value is -1.82. The lowest BCUT2D eigenvalue weighted by Gasteiger charge is -2.33. The molecule has 1 aromatic carbocycles. The van der Waals surface area contributed by atoms with E-state index in [1.54, 1.807) is 0 Å². The molecule has 0 radical (unpaired) electrons. The third kappa shape index (κ3) is 5.16. The predicted molar refractivity (Wildman–Crippen MR) is 113 cm³/mol. The monoisotopic (exact) mass is 401 g/mol. The Morgan fingerprint density at radius 2 is 1.79 bits per heavy atom. The Balaban J connectivity index is 1.55. The number of benzene rings is 1. The Kier molecular flexibility index (Phi) is 6.48. The zero-order chi connectivity index (χ0) is 20.3. The molecule has 0 atom stereocenters. The van der Waals surface area contributed by atoms with E-state index in [1.807, 2.05) is 24.1 Å². The van der Waals surface area contributed by atoms with Gasteiger partial charge in [0.05, 0.1) is 5.75 Å². The highest BCUT2D eigenvalue weighted by atomic mass is 32.2. The molecule has 28 heavy (non-hydrogen) atoms. The van der Waals surface area contributed by atoms with E-state index >= 15 is 0 Å². The molecule has 1 saturated carbocycles. The van der Waals surface area contributed by atoms with Crippen LogP contribution in [0.25, 0.3) is 11.5 Å². The topological polar surface area (TPSA) is 59.2 Å². The van der Waals surface area contributed by atoms with E-state index in [2.05, 4.69) is 50.0 Å². The van der Waals surface area contributed by atoms with E-state index in [4.69, 9.17) is 4.42 Å². The minimum atomic E-state index is 0.108. The number of carbonyl (C=O) groups is 1. The molecule has 0 saturated heterocycles. The molecule has 0 spiro atoms. The molecule has 1 heterocycles. The van der Waals surface area contributed by atoms with Gasteiger partial charge in [-0.25, -0.2) is 0 Å². The van der Waals surface area contributed by atoms with Crippen LogP contribution in [0.5, 0.6) is 0 Å². The Morgan fingerprint density at radius 3 is 2.39 bits per heavy atom. The number of thioether (sulfide) groups is 1. The van der Waals surface area contributed by atoms with Crippen molar-refractivity contribution in [3.05, 3.63) is 29.8 Å². The lowest BCUT2D eigenvalue weighted by atomic mass is 9.87. The van der Waals surface area contributed by atoms with Crippen molar-refractivity contribution in [1.82, 2.24) is 15.1 Å². The first kappa shape index (κ1) is 20.9. The second-order valence-corrected chi connectivity index (χ2v) is 9.83. The fourth-order valence-electron chi connectivity index (χ4n) is 3.56. The van der Waals surface area contributed by atoms with Crippen molar-refractivity contribution in [3.8, 4) is 11.5 Å². The van der Waals surface area contributed by atoms with Gasteiger partial charge in [-0.1, -0.05) is 51.6 Å². The molecule has 152 valence electrons. The fraction of sp³-hybridized carbons (Fsp3) is 0.591. The molecule has 1 aliphatic rings. The van der Waals surface area contributed by atoms with Gasteiger partial charge in [-0.3, -0.25) is 4.79 Å². The van der Waals surface area contributed by atoms with Crippen molar-refractivity contribution in [2.75, 3.05) is 12.8 Å². The van der Waals surface area contributed by atoms with E-state index in [9.17, 15) is 4.79 Å². The molecule has 3 rings (SSSR count). The zero-order valence-corrected chi connectivity index (χ0v) is 18.4. The molecule has 2 aromatic rings. The molecule has 0 N–H and O–H groups in total. The molecular weight excluding hydrogens is 370 g/mol. The number of aromatic nitrogens is 2. The fourth-order valence-corrected chi connectivity index (χ4v) is 4.24. The number of amides is 1. The Bertz CT molecular complexity index is 787. The second-order valence-electron chi connectivity index (χ2n) is 8.91. The average molecular weight is 402 g/mol. The highest BCUT2D eigenvalue weighted by molar-refractivity contribution is 7.99. The molecule has 0 aliphatic heterocycles. The van der Waals surface area contributed by atoms with Gasteiger partial charge in [-0.05, 0) is 54.7 Å². The summed E-state index contributed by atoms with van der Waals surface area (Å²) in [6.07, 6.45) is 4.61. The standard InChI is InChI=1S/C22H31N3O2S/c1-15-6-12-18(13-7-15)25(5)19(26)14-28-21-24-23-20(27-21)16-8-10-17(11-9-16)22(2,3)4/h8-11,15,18H,6-7,12-14H2,1-5H3. The van der Waals surface area contributed by atoms with Crippen molar-refractivity contribution in [2.24, 2.45) is 5.92 Å². The summed E-state index contributed by atoms with van der Waals surface area (Å²) in [6, 6.07) is 8.56. The quantitative estimate of drug-likeness (QED) is 0.647. The van der Waals surface area contributed by atoms with Gasteiger partial charge < -0.3 is 9.32 Å². The van der Waals surface area contributed by atoms with Gasteiger partial charge in [-0.2, -0.15) is 0 Å². The van der Waals surface area contributed by atoms with Crippen LogP contribution >= 0.6 is 11.8 Å². The lowest BCUT2D eigenvalue weighted by molar-refractivity contribution is -0.129. The SMILES string of the molecule is CC1CCC(N(C)C(=O)CSc2nnc(-c3ccc(C(C)(C)C)cc3)o2)CC1. The van der Waals surface area contributed by atoms with Gasteiger partial charge in [0.1, 0.15) is 0 Å². The largest absolute Gasteiger partial charge is 0.411 e. The number of hydrogen-bond acceptors (Lipinski definition) is 5. The van der Waals surface area contributed by atoms with Gasteiger partial charge in [-0.15, -0.1) is 10.2 Å². The number of hydrogen-bond donors (Lipinski definition) is 0. The Labute approximate surface area is 172 Å². The van der Waals surface area contributed by atoms with Crippen molar-refractivity contribution in [2.45, 2.75) is 70.1 Å². The van der Waals surface area contributed by atoms with Crippen LogP contribution in [-0.4, -0.2) is 39.8 Å². The first-order chi connectivity index (χ1) is 13.2. The molecule has 1 amide bonds. The molecule has 6 heteroatoms. The normalized spacial score (nSPS) is 20.2. The van der Waals surface area contributed by atoms with Crippen molar-refractivity contribution in [3.63, 3.8) is 0 Å². The van der Waals surface area contributed by atoms with Crippen molar-refractivity contribution >= 4 is 17.7 Å². The summed E-state index contributed by atoms with van der Waals surface area (Å²) in [4.78, 5) is 14.4. The highest BCUT2D eigenvalue weighted by Crippen LogP contribution is 2.29. The first-order valence-corrected chi connectivity index (χ1v) is 11.1. The maximum atomic E-state index is 12.5. The number of carbonyl (C=O) groups excluding carboxylic acids is 1. The molecule has 1 aromatic heterocycles. The molecular formula is C22H31N3O2S. The van der Waals surface area contributed by atoms with E-state index < -0.39 is 0 Å². The number of nitrogens with zero attached hydrogens (tertiary/aromatic N) is 3. The van der Waals surface area contributed by atoms with E-state index in [0.717, 1.165) is 24.3 Å². The van der Waals surface area contributed by atoms with Crippen LogP contribution in [0.2, 0.25) is 0 Å².